The van der Waals surface area contributed by atoms with E-state index in [0.717, 1.165) is 4.47 Å². The zero-order valence-corrected chi connectivity index (χ0v) is 10.5. The standard InChI is InChI=1S/C10H14BrNS/c1-10(2,3)12-13-9-6-4-8(11)5-7-9/h4-7,12H,1-3H3. The second kappa shape index (κ2) is 4.49. The molecule has 0 unspecified atom stereocenters. The van der Waals surface area contributed by atoms with Gasteiger partial charge in [-0.2, -0.15) is 0 Å². The van der Waals surface area contributed by atoms with E-state index in [-0.39, 0.29) is 5.54 Å². The summed E-state index contributed by atoms with van der Waals surface area (Å²) in [5, 5.41) is 0. The Morgan fingerprint density at radius 1 is 1.15 bits per heavy atom. The van der Waals surface area contributed by atoms with Gasteiger partial charge in [0.2, 0.25) is 0 Å². The Labute approximate surface area is 92.6 Å². The molecule has 72 valence electrons. The maximum Gasteiger partial charge on any atom is 0.0229 e. The molecule has 0 aliphatic rings. The molecule has 0 atom stereocenters. The van der Waals surface area contributed by atoms with E-state index < -0.39 is 0 Å². The Kier molecular flexibility index (Phi) is 3.83. The number of halogens is 1. The zero-order valence-electron chi connectivity index (χ0n) is 8.10. The Balaban J connectivity index is 2.51. The topological polar surface area (TPSA) is 12.0 Å². The molecule has 0 radical (unpaired) electrons. The molecule has 0 aliphatic heterocycles. The van der Waals surface area contributed by atoms with E-state index >= 15 is 0 Å². The largest absolute Gasteiger partial charge is 0.255 e. The maximum atomic E-state index is 3.41. The Morgan fingerprint density at radius 2 is 1.69 bits per heavy atom. The summed E-state index contributed by atoms with van der Waals surface area (Å²) in [6, 6.07) is 8.28. The van der Waals surface area contributed by atoms with Crippen molar-refractivity contribution in [2.24, 2.45) is 0 Å². The first-order valence-electron chi connectivity index (χ1n) is 4.17. The van der Waals surface area contributed by atoms with Crippen LogP contribution in [0.1, 0.15) is 20.8 Å². The van der Waals surface area contributed by atoms with Crippen molar-refractivity contribution >= 4 is 27.9 Å². The monoisotopic (exact) mass is 259 g/mol. The highest BCUT2D eigenvalue weighted by Crippen LogP contribution is 2.20. The Hall–Kier alpha value is 0.01000. The van der Waals surface area contributed by atoms with Crippen molar-refractivity contribution in [1.82, 2.24) is 4.72 Å². The van der Waals surface area contributed by atoms with Crippen LogP contribution in [-0.2, 0) is 0 Å². The number of hydrogen-bond acceptors (Lipinski definition) is 2. The molecule has 0 saturated carbocycles. The fourth-order valence-corrected chi connectivity index (χ4v) is 1.68. The molecular formula is C10H14BrNS. The molecule has 0 aromatic heterocycles. The van der Waals surface area contributed by atoms with Gasteiger partial charge in [-0.05, 0) is 57.0 Å². The van der Waals surface area contributed by atoms with Gasteiger partial charge in [-0.15, -0.1) is 0 Å². The third kappa shape index (κ3) is 4.69. The highest BCUT2D eigenvalue weighted by Gasteiger charge is 2.08. The molecular weight excluding hydrogens is 246 g/mol. The summed E-state index contributed by atoms with van der Waals surface area (Å²) in [5.41, 5.74) is 0.151. The molecule has 0 bridgehead atoms. The summed E-state index contributed by atoms with van der Waals surface area (Å²) >= 11 is 5.07. The number of hydrogen-bond donors (Lipinski definition) is 1. The molecule has 1 aromatic carbocycles. The molecule has 1 aromatic rings. The van der Waals surface area contributed by atoms with E-state index in [1.165, 1.54) is 4.90 Å². The van der Waals surface area contributed by atoms with Gasteiger partial charge in [0.05, 0.1) is 0 Å². The van der Waals surface area contributed by atoms with Crippen molar-refractivity contribution in [2.75, 3.05) is 0 Å². The van der Waals surface area contributed by atoms with E-state index in [0.29, 0.717) is 0 Å². The van der Waals surface area contributed by atoms with Crippen LogP contribution in [0.25, 0.3) is 0 Å². The van der Waals surface area contributed by atoms with Crippen molar-refractivity contribution in [2.45, 2.75) is 31.2 Å². The average molecular weight is 260 g/mol. The van der Waals surface area contributed by atoms with Crippen LogP contribution >= 0.6 is 27.9 Å². The quantitative estimate of drug-likeness (QED) is 0.811. The van der Waals surface area contributed by atoms with E-state index in [4.69, 9.17) is 0 Å². The van der Waals surface area contributed by atoms with Gasteiger partial charge in [-0.1, -0.05) is 15.9 Å². The smallest absolute Gasteiger partial charge is 0.0229 e. The van der Waals surface area contributed by atoms with Gasteiger partial charge in [-0.25, -0.2) is 0 Å². The molecule has 0 fully saturated rings. The number of rotatable bonds is 2. The number of nitrogens with one attached hydrogen (secondary N) is 1. The van der Waals surface area contributed by atoms with Crippen LogP contribution in [0.3, 0.4) is 0 Å². The molecule has 1 rings (SSSR count). The van der Waals surface area contributed by atoms with Crippen molar-refractivity contribution in [1.29, 1.82) is 0 Å². The van der Waals surface area contributed by atoms with Crippen LogP contribution < -0.4 is 4.72 Å². The van der Waals surface area contributed by atoms with Gasteiger partial charge in [0.1, 0.15) is 0 Å². The minimum absolute atomic E-state index is 0.151. The molecule has 13 heavy (non-hydrogen) atoms. The molecule has 1 N–H and O–H groups in total. The summed E-state index contributed by atoms with van der Waals surface area (Å²) in [7, 11) is 0. The highest BCUT2D eigenvalue weighted by molar-refractivity contribution is 9.10. The predicted octanol–water partition coefficient (Wildman–Crippen LogP) is 3.84. The van der Waals surface area contributed by atoms with Crippen molar-refractivity contribution in [3.8, 4) is 0 Å². The first-order valence-corrected chi connectivity index (χ1v) is 5.78. The van der Waals surface area contributed by atoms with Gasteiger partial charge in [0, 0.05) is 14.9 Å². The third-order valence-electron chi connectivity index (χ3n) is 1.29. The van der Waals surface area contributed by atoms with Gasteiger partial charge in [0.25, 0.3) is 0 Å². The minimum Gasteiger partial charge on any atom is -0.255 e. The summed E-state index contributed by atoms with van der Waals surface area (Å²) in [4.78, 5) is 1.23. The zero-order chi connectivity index (χ0) is 9.90. The normalized spacial score (nSPS) is 11.7. The molecule has 0 saturated heterocycles. The van der Waals surface area contributed by atoms with E-state index in [9.17, 15) is 0 Å². The van der Waals surface area contributed by atoms with Crippen LogP contribution in [0.5, 0.6) is 0 Å². The third-order valence-corrected chi connectivity index (χ3v) is 3.04. The van der Waals surface area contributed by atoms with Gasteiger partial charge in [0.15, 0.2) is 0 Å². The van der Waals surface area contributed by atoms with Crippen LogP contribution in [0, 0.1) is 0 Å². The fraction of sp³-hybridized carbons (Fsp3) is 0.400. The number of benzene rings is 1. The van der Waals surface area contributed by atoms with Crippen LogP contribution in [-0.4, -0.2) is 5.54 Å². The first kappa shape index (κ1) is 11.1. The fourth-order valence-electron chi connectivity index (χ4n) is 0.715. The van der Waals surface area contributed by atoms with Crippen molar-refractivity contribution < 1.29 is 0 Å². The van der Waals surface area contributed by atoms with Crippen LogP contribution in [0.4, 0.5) is 0 Å². The molecule has 3 heteroatoms. The highest BCUT2D eigenvalue weighted by atomic mass is 79.9. The average Bonchev–Trinajstić information content (AvgIpc) is 2.02. The Morgan fingerprint density at radius 3 is 2.15 bits per heavy atom. The molecule has 0 amide bonds. The minimum atomic E-state index is 0.151. The van der Waals surface area contributed by atoms with Gasteiger partial charge < -0.3 is 0 Å². The van der Waals surface area contributed by atoms with Gasteiger partial charge in [-0.3, -0.25) is 4.72 Å². The summed E-state index contributed by atoms with van der Waals surface area (Å²) < 4.78 is 4.48. The van der Waals surface area contributed by atoms with E-state index in [2.05, 4.69) is 53.6 Å². The SMILES string of the molecule is CC(C)(C)NSc1ccc(Br)cc1. The second-order valence-corrected chi connectivity index (χ2v) is 5.70. The summed E-state index contributed by atoms with van der Waals surface area (Å²) in [6.45, 7) is 6.45. The molecule has 1 nitrogen and oxygen atoms in total. The first-order chi connectivity index (χ1) is 5.97. The lowest BCUT2D eigenvalue weighted by molar-refractivity contribution is 0.535. The second-order valence-electron chi connectivity index (χ2n) is 3.91. The Bertz CT molecular complexity index is 263. The molecule has 0 heterocycles. The molecule has 0 aliphatic carbocycles. The lowest BCUT2D eigenvalue weighted by Crippen LogP contribution is -2.29. The van der Waals surface area contributed by atoms with Crippen LogP contribution in [0.15, 0.2) is 33.6 Å². The van der Waals surface area contributed by atoms with E-state index in [1.807, 2.05) is 12.1 Å². The van der Waals surface area contributed by atoms with Crippen molar-refractivity contribution in [3.63, 3.8) is 0 Å². The van der Waals surface area contributed by atoms with Gasteiger partial charge >= 0.3 is 0 Å². The lowest BCUT2D eigenvalue weighted by Gasteiger charge is -2.19. The van der Waals surface area contributed by atoms with Crippen molar-refractivity contribution in [3.05, 3.63) is 28.7 Å². The van der Waals surface area contributed by atoms with Crippen LogP contribution in [0.2, 0.25) is 0 Å². The summed E-state index contributed by atoms with van der Waals surface area (Å²) in [5.74, 6) is 0. The van der Waals surface area contributed by atoms with E-state index in [1.54, 1.807) is 11.9 Å². The molecule has 0 spiro atoms. The predicted molar refractivity (Wildman–Crippen MR) is 62.9 cm³/mol. The lowest BCUT2D eigenvalue weighted by atomic mass is 10.1. The maximum absolute atomic E-state index is 3.41. The summed E-state index contributed by atoms with van der Waals surface area (Å²) in [6.07, 6.45) is 0.